The van der Waals surface area contributed by atoms with Gasteiger partial charge in [-0.1, -0.05) is 0 Å². The molecule has 0 saturated carbocycles. The highest BCUT2D eigenvalue weighted by Crippen LogP contribution is 2.37. The maximum absolute atomic E-state index is 10.4. The molecule has 0 radical (unpaired) electrons. The molecule has 0 atom stereocenters. The lowest BCUT2D eigenvalue weighted by atomic mass is 10.00. The van der Waals surface area contributed by atoms with Gasteiger partial charge in [0.1, 0.15) is 0 Å². The van der Waals surface area contributed by atoms with Crippen LogP contribution in [-0.4, -0.2) is 32.6 Å². The van der Waals surface area contributed by atoms with Crippen LogP contribution < -0.4 is 0 Å². The molecule has 1 fully saturated rings. The first-order valence-electron chi connectivity index (χ1n) is 4.08. The molecular formula is C6H13INO4P. The van der Waals surface area contributed by atoms with Gasteiger partial charge in [-0.15, -0.1) is 0 Å². The Morgan fingerprint density at radius 3 is 2.46 bits per heavy atom. The zero-order valence-electron chi connectivity index (χ0n) is 7.10. The van der Waals surface area contributed by atoms with Crippen LogP contribution in [0.2, 0.25) is 0 Å². The van der Waals surface area contributed by atoms with Crippen LogP contribution in [0.1, 0.15) is 12.8 Å². The number of nitrogens with zero attached hydrogens (tertiary/aromatic N) is 1. The molecule has 1 aliphatic heterocycles. The molecule has 0 aliphatic carbocycles. The van der Waals surface area contributed by atoms with Crippen LogP contribution in [0.15, 0.2) is 0 Å². The van der Waals surface area contributed by atoms with E-state index in [4.69, 9.17) is 9.79 Å². The lowest BCUT2D eigenvalue weighted by Gasteiger charge is -2.27. The molecule has 1 saturated heterocycles. The minimum absolute atomic E-state index is 0.175. The summed E-state index contributed by atoms with van der Waals surface area (Å²) in [7, 11) is -4.26. The van der Waals surface area contributed by atoms with E-state index in [1.165, 1.54) is 0 Å². The monoisotopic (exact) mass is 321 g/mol. The van der Waals surface area contributed by atoms with Gasteiger partial charge in [0, 0.05) is 36.0 Å². The fraction of sp³-hybridized carbons (Fsp3) is 1.00. The lowest BCUT2D eigenvalue weighted by molar-refractivity contribution is 0.145. The van der Waals surface area contributed by atoms with Gasteiger partial charge in [-0.25, -0.2) is 7.68 Å². The third-order valence-corrected chi connectivity index (χ3v) is 3.49. The van der Waals surface area contributed by atoms with Crippen LogP contribution in [-0.2, 0) is 9.09 Å². The normalized spacial score (nSPS) is 22.1. The summed E-state index contributed by atoms with van der Waals surface area (Å²) in [6.07, 6.45) is 1.89. The Balaban J connectivity index is 2.20. The van der Waals surface area contributed by atoms with Crippen molar-refractivity contribution in [3.8, 4) is 0 Å². The molecule has 0 aromatic heterocycles. The Kier molecular flexibility index (Phi) is 4.61. The predicted molar refractivity (Wildman–Crippen MR) is 56.3 cm³/mol. The fourth-order valence-electron chi connectivity index (χ4n) is 1.27. The van der Waals surface area contributed by atoms with Crippen LogP contribution in [0.5, 0.6) is 0 Å². The van der Waals surface area contributed by atoms with E-state index < -0.39 is 7.82 Å². The second kappa shape index (κ2) is 5.04. The number of halogens is 1. The number of phosphoric ester groups is 1. The van der Waals surface area contributed by atoms with E-state index in [2.05, 4.69) is 30.5 Å². The van der Waals surface area contributed by atoms with Crippen molar-refractivity contribution in [2.75, 3.05) is 19.7 Å². The molecule has 0 aromatic carbocycles. The Hall–Kier alpha value is 0.800. The minimum Gasteiger partial charge on any atom is -0.303 e. The zero-order chi connectivity index (χ0) is 9.90. The van der Waals surface area contributed by atoms with E-state index in [9.17, 15) is 4.57 Å². The third kappa shape index (κ3) is 5.29. The number of rotatable bonds is 3. The topological polar surface area (TPSA) is 70.0 Å². The first-order chi connectivity index (χ1) is 5.97. The van der Waals surface area contributed by atoms with Crippen molar-refractivity contribution in [3.05, 3.63) is 0 Å². The quantitative estimate of drug-likeness (QED) is 0.464. The van der Waals surface area contributed by atoms with E-state index >= 15 is 0 Å². The van der Waals surface area contributed by atoms with Gasteiger partial charge in [-0.3, -0.25) is 4.52 Å². The van der Waals surface area contributed by atoms with Crippen LogP contribution in [0.4, 0.5) is 0 Å². The molecule has 7 heteroatoms. The van der Waals surface area contributed by atoms with Gasteiger partial charge >= 0.3 is 7.82 Å². The highest BCUT2D eigenvalue weighted by Gasteiger charge is 2.21. The van der Waals surface area contributed by atoms with Gasteiger partial charge in [0.25, 0.3) is 0 Å². The summed E-state index contributed by atoms with van der Waals surface area (Å²) in [6, 6.07) is 0. The first-order valence-corrected chi connectivity index (χ1v) is 6.58. The van der Waals surface area contributed by atoms with E-state index in [0.717, 1.165) is 25.9 Å². The van der Waals surface area contributed by atoms with Crippen molar-refractivity contribution < 1.29 is 18.9 Å². The molecule has 5 nitrogen and oxygen atoms in total. The molecule has 0 amide bonds. The van der Waals surface area contributed by atoms with Gasteiger partial charge in [-0.2, -0.15) is 0 Å². The Morgan fingerprint density at radius 2 is 2.00 bits per heavy atom. The smallest absolute Gasteiger partial charge is 0.303 e. The van der Waals surface area contributed by atoms with Crippen molar-refractivity contribution in [1.82, 2.24) is 3.11 Å². The van der Waals surface area contributed by atoms with E-state index in [-0.39, 0.29) is 6.61 Å². The molecule has 1 heterocycles. The van der Waals surface area contributed by atoms with Crippen LogP contribution in [0.25, 0.3) is 0 Å². The molecule has 1 rings (SSSR count). The van der Waals surface area contributed by atoms with Gasteiger partial charge in [0.15, 0.2) is 0 Å². The average molecular weight is 321 g/mol. The maximum Gasteiger partial charge on any atom is 0.469 e. The zero-order valence-corrected chi connectivity index (χ0v) is 10.1. The summed E-state index contributed by atoms with van der Waals surface area (Å²) in [5.74, 6) is 0.290. The molecule has 1 aliphatic rings. The Morgan fingerprint density at radius 1 is 1.46 bits per heavy atom. The standard InChI is InChI=1S/C6H13INO4P/c7-8-3-1-6(2-4-8)5-12-13(9,10)11/h6H,1-5H2,(H2,9,10,11). The first kappa shape index (κ1) is 11.9. The summed E-state index contributed by atoms with van der Waals surface area (Å²) in [4.78, 5) is 17.0. The van der Waals surface area contributed by atoms with E-state index in [0.29, 0.717) is 5.92 Å². The van der Waals surface area contributed by atoms with Gasteiger partial charge < -0.3 is 9.79 Å². The van der Waals surface area contributed by atoms with Crippen molar-refractivity contribution in [3.63, 3.8) is 0 Å². The highest BCUT2D eigenvalue weighted by molar-refractivity contribution is 14.1. The third-order valence-electron chi connectivity index (χ3n) is 2.04. The van der Waals surface area contributed by atoms with Crippen molar-refractivity contribution in [2.45, 2.75) is 12.8 Å². The number of phosphoric acid groups is 1. The SMILES string of the molecule is O=P(O)(O)OCC1CCN(I)CC1. The highest BCUT2D eigenvalue weighted by atomic mass is 127. The van der Waals surface area contributed by atoms with Gasteiger partial charge in [-0.05, 0) is 18.8 Å². The Bertz CT molecular complexity index is 201. The van der Waals surface area contributed by atoms with Crippen LogP contribution >= 0.6 is 30.7 Å². The van der Waals surface area contributed by atoms with Gasteiger partial charge in [0.2, 0.25) is 0 Å². The molecule has 2 N–H and O–H groups in total. The van der Waals surface area contributed by atoms with Crippen molar-refractivity contribution >= 4 is 30.7 Å². The molecule has 0 unspecified atom stereocenters. The summed E-state index contributed by atoms with van der Waals surface area (Å²) < 4.78 is 17.0. The molecule has 0 aromatic rings. The summed E-state index contributed by atoms with van der Waals surface area (Å²) >= 11 is 2.25. The maximum atomic E-state index is 10.4. The van der Waals surface area contributed by atoms with E-state index in [1.54, 1.807) is 0 Å². The van der Waals surface area contributed by atoms with Crippen LogP contribution in [0, 0.1) is 5.92 Å². The molecule has 0 bridgehead atoms. The molecule has 13 heavy (non-hydrogen) atoms. The van der Waals surface area contributed by atoms with E-state index in [1.807, 2.05) is 0 Å². The Labute approximate surface area is 91.2 Å². The summed E-state index contributed by atoms with van der Waals surface area (Å²) in [5.41, 5.74) is 0. The minimum atomic E-state index is -4.26. The fourth-order valence-corrected chi connectivity index (χ4v) is 2.23. The number of piperidine rings is 1. The number of hydrogen-bond acceptors (Lipinski definition) is 3. The van der Waals surface area contributed by atoms with Crippen molar-refractivity contribution in [2.24, 2.45) is 5.92 Å². The molecular weight excluding hydrogens is 308 g/mol. The molecule has 78 valence electrons. The second-order valence-electron chi connectivity index (χ2n) is 3.14. The molecule has 0 spiro atoms. The summed E-state index contributed by atoms with van der Waals surface area (Å²) in [5, 5.41) is 0. The predicted octanol–water partition coefficient (Wildman–Crippen LogP) is 1.16. The summed E-state index contributed by atoms with van der Waals surface area (Å²) in [6.45, 7) is 2.11. The largest absolute Gasteiger partial charge is 0.469 e. The number of hydrogen-bond donors (Lipinski definition) is 2. The average Bonchev–Trinajstić information content (AvgIpc) is 2.02. The van der Waals surface area contributed by atoms with Crippen LogP contribution in [0.3, 0.4) is 0 Å². The lowest BCUT2D eigenvalue weighted by Crippen LogP contribution is -2.28. The van der Waals surface area contributed by atoms with Crippen molar-refractivity contribution in [1.29, 1.82) is 0 Å². The van der Waals surface area contributed by atoms with Gasteiger partial charge in [0.05, 0.1) is 6.61 Å². The second-order valence-corrected chi connectivity index (χ2v) is 5.74.